The molecule has 1 aliphatic carbocycles. The first kappa shape index (κ1) is 21.5. The van der Waals surface area contributed by atoms with Crippen molar-refractivity contribution in [1.29, 1.82) is 0 Å². The molecule has 5 rings (SSSR count). The lowest BCUT2D eigenvalue weighted by Gasteiger charge is -2.28. The number of carbonyl (C=O) groups excluding carboxylic acids is 2. The van der Waals surface area contributed by atoms with Crippen LogP contribution in [0.25, 0.3) is 5.69 Å². The fraction of sp³-hybridized carbons (Fsp3) is 0.364. The molecule has 11 heteroatoms. The van der Waals surface area contributed by atoms with Crippen LogP contribution in [0.5, 0.6) is 0 Å². The van der Waals surface area contributed by atoms with Gasteiger partial charge in [-0.25, -0.2) is 4.68 Å². The van der Waals surface area contributed by atoms with E-state index in [9.17, 15) is 14.7 Å². The molecule has 3 heterocycles. The van der Waals surface area contributed by atoms with E-state index in [0.717, 1.165) is 12.0 Å². The standard InChI is InChI=1S/C22H22ClN7O3/c23-15-4-5-18(30-12-26-27-28-30)13(7-15)10-25-21(32)20-17-8-14(17)11-29(20)22(33)19(31)9-16-3-1-2-6-24-16/h1-7,12,14,17,19-20,31H,8-11H2,(H,25,32)/t14-,17-,19?,20-/m0/s1. The highest BCUT2D eigenvalue weighted by atomic mass is 35.5. The first-order chi connectivity index (χ1) is 16.0. The minimum Gasteiger partial charge on any atom is -0.383 e. The van der Waals surface area contributed by atoms with E-state index in [4.69, 9.17) is 11.6 Å². The lowest BCUT2D eigenvalue weighted by Crippen LogP contribution is -2.51. The van der Waals surface area contributed by atoms with Gasteiger partial charge in [0.1, 0.15) is 18.5 Å². The van der Waals surface area contributed by atoms with Gasteiger partial charge in [-0.15, -0.1) is 5.10 Å². The van der Waals surface area contributed by atoms with Gasteiger partial charge in [-0.2, -0.15) is 0 Å². The Morgan fingerprint density at radius 2 is 2.15 bits per heavy atom. The van der Waals surface area contributed by atoms with Crippen LogP contribution < -0.4 is 5.32 Å². The van der Waals surface area contributed by atoms with Crippen molar-refractivity contribution in [2.24, 2.45) is 11.8 Å². The number of benzene rings is 1. The molecule has 0 radical (unpaired) electrons. The van der Waals surface area contributed by atoms with Crippen LogP contribution >= 0.6 is 11.6 Å². The van der Waals surface area contributed by atoms with Gasteiger partial charge < -0.3 is 15.3 Å². The summed E-state index contributed by atoms with van der Waals surface area (Å²) in [4.78, 5) is 31.8. The van der Waals surface area contributed by atoms with Crippen molar-refractivity contribution in [3.8, 4) is 5.69 Å². The number of amides is 2. The van der Waals surface area contributed by atoms with Crippen molar-refractivity contribution in [1.82, 2.24) is 35.4 Å². The third-order valence-corrected chi connectivity index (χ3v) is 6.44. The largest absolute Gasteiger partial charge is 0.383 e. The van der Waals surface area contributed by atoms with Gasteiger partial charge in [-0.1, -0.05) is 17.7 Å². The number of halogens is 1. The molecular formula is C22H22ClN7O3. The molecule has 10 nitrogen and oxygen atoms in total. The van der Waals surface area contributed by atoms with Gasteiger partial charge in [-0.05, 0) is 64.6 Å². The zero-order valence-electron chi connectivity index (χ0n) is 17.6. The number of piperidine rings is 1. The van der Waals surface area contributed by atoms with E-state index in [0.29, 0.717) is 28.9 Å². The molecule has 2 aromatic heterocycles. The molecule has 2 amide bonds. The second-order valence-corrected chi connectivity index (χ2v) is 8.82. The molecule has 1 unspecified atom stereocenters. The monoisotopic (exact) mass is 467 g/mol. The van der Waals surface area contributed by atoms with Crippen LogP contribution in [0, 0.1) is 11.8 Å². The zero-order valence-corrected chi connectivity index (χ0v) is 18.3. The van der Waals surface area contributed by atoms with E-state index < -0.39 is 18.1 Å². The predicted molar refractivity (Wildman–Crippen MR) is 117 cm³/mol. The number of rotatable bonds is 7. The first-order valence-corrected chi connectivity index (χ1v) is 11.1. The number of nitrogens with zero attached hydrogens (tertiary/aromatic N) is 6. The summed E-state index contributed by atoms with van der Waals surface area (Å²) in [5, 5.41) is 25.2. The number of likely N-dealkylation sites (tertiary alicyclic amines) is 1. The van der Waals surface area contributed by atoms with Crippen molar-refractivity contribution in [2.75, 3.05) is 6.54 Å². The second-order valence-electron chi connectivity index (χ2n) is 8.38. The Labute approximate surface area is 194 Å². The minimum absolute atomic E-state index is 0.109. The molecular weight excluding hydrogens is 446 g/mol. The smallest absolute Gasteiger partial charge is 0.252 e. The van der Waals surface area contributed by atoms with Crippen molar-refractivity contribution in [2.45, 2.75) is 31.5 Å². The second kappa shape index (κ2) is 8.87. The number of aliphatic hydroxyl groups excluding tert-OH is 1. The van der Waals surface area contributed by atoms with Crippen LogP contribution in [-0.4, -0.2) is 65.7 Å². The normalized spacial score (nSPS) is 22.0. The van der Waals surface area contributed by atoms with Crippen molar-refractivity contribution >= 4 is 23.4 Å². The topological polar surface area (TPSA) is 126 Å². The summed E-state index contributed by atoms with van der Waals surface area (Å²) in [6.45, 7) is 0.675. The quantitative estimate of drug-likeness (QED) is 0.525. The minimum atomic E-state index is -1.24. The highest BCUT2D eigenvalue weighted by Crippen LogP contribution is 2.49. The molecule has 3 aromatic rings. The number of carbonyl (C=O) groups is 2. The molecule has 1 aliphatic heterocycles. The number of nitrogens with one attached hydrogen (secondary N) is 1. The third-order valence-electron chi connectivity index (χ3n) is 6.21. The highest BCUT2D eigenvalue weighted by molar-refractivity contribution is 6.30. The number of tetrazole rings is 1. The van der Waals surface area contributed by atoms with Gasteiger partial charge in [0, 0.05) is 36.4 Å². The Kier molecular flexibility index (Phi) is 5.77. The average molecular weight is 468 g/mol. The van der Waals surface area contributed by atoms with Crippen LogP contribution in [0.4, 0.5) is 0 Å². The molecule has 4 atom stereocenters. The molecule has 170 valence electrons. The molecule has 0 spiro atoms. The lowest BCUT2D eigenvalue weighted by atomic mass is 10.1. The summed E-state index contributed by atoms with van der Waals surface area (Å²) in [5.41, 5.74) is 2.06. The van der Waals surface area contributed by atoms with E-state index >= 15 is 0 Å². The Morgan fingerprint density at radius 3 is 2.91 bits per heavy atom. The van der Waals surface area contributed by atoms with Crippen molar-refractivity contribution in [3.63, 3.8) is 0 Å². The van der Waals surface area contributed by atoms with Crippen LogP contribution in [0.1, 0.15) is 17.7 Å². The van der Waals surface area contributed by atoms with Crippen molar-refractivity contribution in [3.05, 3.63) is 65.2 Å². The van der Waals surface area contributed by atoms with Gasteiger partial charge in [0.05, 0.1) is 5.69 Å². The van der Waals surface area contributed by atoms with Crippen LogP contribution in [0.2, 0.25) is 5.02 Å². The van der Waals surface area contributed by atoms with Crippen LogP contribution in [-0.2, 0) is 22.6 Å². The summed E-state index contributed by atoms with van der Waals surface area (Å²) >= 11 is 6.16. The average Bonchev–Trinajstić information content (AvgIpc) is 3.21. The highest BCUT2D eigenvalue weighted by Gasteiger charge is 2.57. The summed E-state index contributed by atoms with van der Waals surface area (Å²) in [6.07, 6.45) is 2.85. The SMILES string of the molecule is O=C(NCc1cc(Cl)ccc1-n1cnnn1)[C@@H]1[C@H]2C[C@H]2CN1C(=O)C(O)Cc1ccccn1. The number of aliphatic hydroxyl groups is 1. The number of hydrogen-bond donors (Lipinski definition) is 2. The summed E-state index contributed by atoms with van der Waals surface area (Å²) in [7, 11) is 0. The predicted octanol–water partition coefficient (Wildman–Crippen LogP) is 0.777. The van der Waals surface area contributed by atoms with Gasteiger partial charge >= 0.3 is 0 Å². The van der Waals surface area contributed by atoms with E-state index in [1.165, 1.54) is 15.9 Å². The lowest BCUT2D eigenvalue weighted by molar-refractivity contribution is -0.146. The summed E-state index contributed by atoms with van der Waals surface area (Å²) in [5.74, 6) is -0.268. The van der Waals surface area contributed by atoms with E-state index in [1.807, 2.05) is 0 Å². The molecule has 33 heavy (non-hydrogen) atoms. The Morgan fingerprint density at radius 1 is 1.27 bits per heavy atom. The third kappa shape index (κ3) is 4.44. The number of hydrogen-bond acceptors (Lipinski definition) is 7. The van der Waals surface area contributed by atoms with Crippen LogP contribution in [0.15, 0.2) is 48.9 Å². The molecule has 0 bridgehead atoms. The number of aromatic nitrogens is 5. The Hall–Kier alpha value is -3.37. The van der Waals surface area contributed by atoms with E-state index in [-0.39, 0.29) is 24.8 Å². The first-order valence-electron chi connectivity index (χ1n) is 10.7. The van der Waals surface area contributed by atoms with Gasteiger partial charge in [-0.3, -0.25) is 14.6 Å². The molecule has 2 N–H and O–H groups in total. The molecule has 1 saturated carbocycles. The van der Waals surface area contributed by atoms with Crippen molar-refractivity contribution < 1.29 is 14.7 Å². The van der Waals surface area contributed by atoms with E-state index in [1.54, 1.807) is 42.6 Å². The maximum absolute atomic E-state index is 13.2. The number of pyridine rings is 1. The number of fused-ring (bicyclic) bond motifs is 1. The Bertz CT molecular complexity index is 1160. The van der Waals surface area contributed by atoms with Crippen LogP contribution in [0.3, 0.4) is 0 Å². The molecule has 1 aromatic carbocycles. The molecule has 1 saturated heterocycles. The Balaban J connectivity index is 1.27. The maximum atomic E-state index is 13.2. The zero-order chi connectivity index (χ0) is 22.9. The fourth-order valence-corrected chi connectivity index (χ4v) is 4.70. The fourth-order valence-electron chi connectivity index (χ4n) is 4.50. The van der Waals surface area contributed by atoms with E-state index in [2.05, 4.69) is 25.8 Å². The maximum Gasteiger partial charge on any atom is 0.252 e. The molecule has 2 aliphatic rings. The summed E-state index contributed by atoms with van der Waals surface area (Å²) in [6, 6.07) is 9.98. The summed E-state index contributed by atoms with van der Waals surface area (Å²) < 4.78 is 1.49. The van der Waals surface area contributed by atoms with Gasteiger partial charge in [0.2, 0.25) is 5.91 Å². The van der Waals surface area contributed by atoms with Gasteiger partial charge in [0.15, 0.2) is 0 Å². The molecule has 2 fully saturated rings. The van der Waals surface area contributed by atoms with Gasteiger partial charge in [0.25, 0.3) is 5.91 Å².